The van der Waals surface area contributed by atoms with Crippen molar-refractivity contribution in [2.24, 2.45) is 11.8 Å². The molecule has 0 aliphatic carbocycles. The van der Waals surface area contributed by atoms with Crippen LogP contribution in [0.1, 0.15) is 34.6 Å². The molecule has 0 saturated heterocycles. The van der Waals surface area contributed by atoms with E-state index in [0.29, 0.717) is 0 Å². The summed E-state index contributed by atoms with van der Waals surface area (Å²) in [6.07, 6.45) is 0. The summed E-state index contributed by atoms with van der Waals surface area (Å²) < 4.78 is 0. The van der Waals surface area contributed by atoms with E-state index in [9.17, 15) is 9.59 Å². The summed E-state index contributed by atoms with van der Waals surface area (Å²) in [6, 6.07) is 0.0286. The van der Waals surface area contributed by atoms with Crippen LogP contribution in [0.15, 0.2) is 0 Å². The number of aliphatic carboxylic acids is 1. The standard InChI is InChI=1S/C13H26N2O3/c1-6-15(7-2)8-9(3)14-12(16)10(4)11(5)13(17)18/h9-11H,6-8H2,1-5H3,(H,14,16)(H,17,18). The zero-order valence-corrected chi connectivity index (χ0v) is 12.1. The highest BCUT2D eigenvalue weighted by molar-refractivity contribution is 5.84. The Bertz CT molecular complexity index is 277. The molecule has 5 nitrogen and oxygen atoms in total. The number of hydrogen-bond acceptors (Lipinski definition) is 3. The topological polar surface area (TPSA) is 69.6 Å². The number of amides is 1. The Morgan fingerprint density at radius 2 is 1.61 bits per heavy atom. The smallest absolute Gasteiger partial charge is 0.307 e. The lowest BCUT2D eigenvalue weighted by Gasteiger charge is -2.25. The Morgan fingerprint density at radius 1 is 1.11 bits per heavy atom. The van der Waals surface area contributed by atoms with Crippen LogP contribution in [0, 0.1) is 11.8 Å². The molecule has 0 aromatic heterocycles. The van der Waals surface area contributed by atoms with Crippen molar-refractivity contribution in [1.29, 1.82) is 0 Å². The number of carbonyl (C=O) groups excluding carboxylic acids is 1. The van der Waals surface area contributed by atoms with E-state index < -0.39 is 17.8 Å². The van der Waals surface area contributed by atoms with Gasteiger partial charge in [0.25, 0.3) is 0 Å². The van der Waals surface area contributed by atoms with Gasteiger partial charge in [-0.25, -0.2) is 0 Å². The summed E-state index contributed by atoms with van der Waals surface area (Å²) in [5.74, 6) is -2.30. The number of carbonyl (C=O) groups is 2. The monoisotopic (exact) mass is 258 g/mol. The van der Waals surface area contributed by atoms with Crippen molar-refractivity contribution < 1.29 is 14.7 Å². The second-order valence-electron chi connectivity index (χ2n) is 4.81. The van der Waals surface area contributed by atoms with Crippen molar-refractivity contribution in [2.75, 3.05) is 19.6 Å². The molecule has 0 heterocycles. The second-order valence-corrected chi connectivity index (χ2v) is 4.81. The maximum atomic E-state index is 11.9. The van der Waals surface area contributed by atoms with E-state index in [0.717, 1.165) is 19.6 Å². The van der Waals surface area contributed by atoms with Gasteiger partial charge in [0.15, 0.2) is 0 Å². The zero-order valence-electron chi connectivity index (χ0n) is 12.1. The normalized spacial score (nSPS) is 16.1. The van der Waals surface area contributed by atoms with Gasteiger partial charge in [-0.05, 0) is 20.0 Å². The largest absolute Gasteiger partial charge is 0.481 e. The predicted octanol–water partition coefficient (Wildman–Crippen LogP) is 1.19. The van der Waals surface area contributed by atoms with Crippen LogP contribution in [0.5, 0.6) is 0 Å². The number of carboxylic acids is 1. The minimum absolute atomic E-state index is 0.0286. The molecule has 0 saturated carbocycles. The molecule has 5 heteroatoms. The van der Waals surface area contributed by atoms with Crippen molar-refractivity contribution in [3.63, 3.8) is 0 Å². The fraction of sp³-hybridized carbons (Fsp3) is 0.846. The molecule has 3 atom stereocenters. The Kier molecular flexibility index (Phi) is 7.59. The Balaban J connectivity index is 4.26. The first-order valence-corrected chi connectivity index (χ1v) is 6.58. The number of carboxylic acid groups (broad SMARTS) is 1. The van der Waals surface area contributed by atoms with Gasteiger partial charge in [-0.15, -0.1) is 0 Å². The fourth-order valence-electron chi connectivity index (χ4n) is 1.73. The van der Waals surface area contributed by atoms with Crippen molar-refractivity contribution in [2.45, 2.75) is 40.7 Å². The lowest BCUT2D eigenvalue weighted by atomic mass is 9.95. The Hall–Kier alpha value is -1.10. The van der Waals surface area contributed by atoms with Crippen LogP contribution < -0.4 is 5.32 Å². The van der Waals surface area contributed by atoms with Gasteiger partial charge in [-0.2, -0.15) is 0 Å². The van der Waals surface area contributed by atoms with Gasteiger partial charge in [0.05, 0.1) is 5.92 Å². The molecule has 0 aliphatic heterocycles. The molecule has 0 spiro atoms. The number of rotatable bonds is 8. The van der Waals surface area contributed by atoms with Crippen LogP contribution >= 0.6 is 0 Å². The molecule has 18 heavy (non-hydrogen) atoms. The van der Waals surface area contributed by atoms with Crippen molar-refractivity contribution in [3.05, 3.63) is 0 Å². The first-order valence-electron chi connectivity index (χ1n) is 6.58. The molecule has 0 rings (SSSR count). The first-order chi connectivity index (χ1) is 8.33. The van der Waals surface area contributed by atoms with Gasteiger partial charge < -0.3 is 15.3 Å². The van der Waals surface area contributed by atoms with E-state index in [1.807, 2.05) is 6.92 Å². The van der Waals surface area contributed by atoms with Gasteiger partial charge in [0.2, 0.25) is 5.91 Å². The van der Waals surface area contributed by atoms with Crippen LogP contribution in [0.3, 0.4) is 0 Å². The molecule has 0 aliphatic rings. The van der Waals surface area contributed by atoms with Crippen molar-refractivity contribution in [3.8, 4) is 0 Å². The Morgan fingerprint density at radius 3 is 2.00 bits per heavy atom. The average molecular weight is 258 g/mol. The maximum absolute atomic E-state index is 11.9. The molecule has 3 unspecified atom stereocenters. The van der Waals surface area contributed by atoms with Gasteiger partial charge in [0.1, 0.15) is 0 Å². The predicted molar refractivity (Wildman–Crippen MR) is 71.4 cm³/mol. The van der Waals surface area contributed by atoms with E-state index >= 15 is 0 Å². The number of likely N-dealkylation sites (N-methyl/N-ethyl adjacent to an activating group) is 1. The highest BCUT2D eigenvalue weighted by Gasteiger charge is 2.26. The van der Waals surface area contributed by atoms with Crippen LogP contribution in [0.4, 0.5) is 0 Å². The Labute approximate surface area is 110 Å². The third-order valence-corrected chi connectivity index (χ3v) is 3.37. The van der Waals surface area contributed by atoms with E-state index in [-0.39, 0.29) is 11.9 Å². The number of nitrogens with one attached hydrogen (secondary N) is 1. The summed E-state index contributed by atoms with van der Waals surface area (Å²) in [7, 11) is 0. The van der Waals surface area contributed by atoms with Crippen LogP contribution in [-0.4, -0.2) is 47.6 Å². The van der Waals surface area contributed by atoms with Crippen molar-refractivity contribution >= 4 is 11.9 Å². The van der Waals surface area contributed by atoms with E-state index in [1.165, 1.54) is 0 Å². The molecular weight excluding hydrogens is 232 g/mol. The fourth-order valence-corrected chi connectivity index (χ4v) is 1.73. The minimum atomic E-state index is -0.936. The summed E-state index contributed by atoms with van der Waals surface area (Å²) in [4.78, 5) is 24.9. The summed E-state index contributed by atoms with van der Waals surface area (Å²) in [6.45, 7) is 12.0. The van der Waals surface area contributed by atoms with Crippen LogP contribution in [0.25, 0.3) is 0 Å². The van der Waals surface area contributed by atoms with E-state index in [1.54, 1.807) is 13.8 Å². The van der Waals surface area contributed by atoms with Gasteiger partial charge in [-0.3, -0.25) is 9.59 Å². The zero-order chi connectivity index (χ0) is 14.3. The van der Waals surface area contributed by atoms with Gasteiger partial charge in [-0.1, -0.05) is 27.7 Å². The molecule has 0 bridgehead atoms. The van der Waals surface area contributed by atoms with Gasteiger partial charge in [0, 0.05) is 18.5 Å². The molecule has 0 aromatic carbocycles. The van der Waals surface area contributed by atoms with Crippen LogP contribution in [-0.2, 0) is 9.59 Å². The second kappa shape index (κ2) is 8.08. The quantitative estimate of drug-likeness (QED) is 0.686. The third kappa shape index (κ3) is 5.49. The molecule has 106 valence electrons. The van der Waals surface area contributed by atoms with Crippen LogP contribution in [0.2, 0.25) is 0 Å². The SMILES string of the molecule is CCN(CC)CC(C)NC(=O)C(C)C(C)C(=O)O. The molecule has 0 fully saturated rings. The van der Waals surface area contributed by atoms with E-state index in [4.69, 9.17) is 5.11 Å². The molecule has 0 aromatic rings. The molecule has 2 N–H and O–H groups in total. The molecular formula is C13H26N2O3. The number of hydrogen-bond donors (Lipinski definition) is 2. The summed E-state index contributed by atoms with van der Waals surface area (Å²) in [5.41, 5.74) is 0. The third-order valence-electron chi connectivity index (χ3n) is 3.37. The van der Waals surface area contributed by atoms with E-state index in [2.05, 4.69) is 24.1 Å². The number of nitrogens with zero attached hydrogens (tertiary/aromatic N) is 1. The molecule has 0 radical (unpaired) electrons. The minimum Gasteiger partial charge on any atom is -0.481 e. The lowest BCUT2D eigenvalue weighted by Crippen LogP contribution is -2.45. The summed E-state index contributed by atoms with van der Waals surface area (Å²) in [5, 5.41) is 11.7. The average Bonchev–Trinajstić information content (AvgIpc) is 2.33. The summed E-state index contributed by atoms with van der Waals surface area (Å²) >= 11 is 0. The first kappa shape index (κ1) is 16.9. The van der Waals surface area contributed by atoms with Crippen molar-refractivity contribution in [1.82, 2.24) is 10.2 Å². The highest BCUT2D eigenvalue weighted by Crippen LogP contribution is 2.11. The maximum Gasteiger partial charge on any atom is 0.307 e. The highest BCUT2D eigenvalue weighted by atomic mass is 16.4. The molecule has 1 amide bonds. The van der Waals surface area contributed by atoms with Gasteiger partial charge >= 0.3 is 5.97 Å². The lowest BCUT2D eigenvalue weighted by molar-refractivity contribution is -0.146.